The molecule has 4 nitrogen and oxygen atoms in total. The number of H-pyrrole nitrogens is 1. The summed E-state index contributed by atoms with van der Waals surface area (Å²) in [5.41, 5.74) is 3.16. The standard InChI is InChI=1S/C13H18N4/c1-8(2)12-16-11-6-9(7-15-13(11)17-12)10-4-3-5-14-10/h6-8,10,14H,3-5H2,1-2H3,(H,15,16,17). The van der Waals surface area contributed by atoms with E-state index in [0.717, 1.165) is 23.5 Å². The molecule has 17 heavy (non-hydrogen) atoms. The Bertz CT molecular complexity index is 523. The minimum Gasteiger partial charge on any atom is -0.340 e. The summed E-state index contributed by atoms with van der Waals surface area (Å²) in [6.07, 6.45) is 4.41. The van der Waals surface area contributed by atoms with E-state index in [-0.39, 0.29) is 0 Å². The van der Waals surface area contributed by atoms with Gasteiger partial charge in [0, 0.05) is 18.2 Å². The number of hydrogen-bond acceptors (Lipinski definition) is 3. The van der Waals surface area contributed by atoms with Crippen molar-refractivity contribution in [3.8, 4) is 0 Å². The van der Waals surface area contributed by atoms with Gasteiger partial charge in [-0.1, -0.05) is 13.8 Å². The zero-order chi connectivity index (χ0) is 11.8. The second-order valence-corrected chi connectivity index (χ2v) is 5.07. The lowest BCUT2D eigenvalue weighted by Gasteiger charge is -2.09. The van der Waals surface area contributed by atoms with Gasteiger partial charge in [0.2, 0.25) is 0 Å². The van der Waals surface area contributed by atoms with Gasteiger partial charge in [-0.15, -0.1) is 0 Å². The largest absolute Gasteiger partial charge is 0.340 e. The van der Waals surface area contributed by atoms with Crippen molar-refractivity contribution in [3.05, 3.63) is 23.7 Å². The number of nitrogens with zero attached hydrogens (tertiary/aromatic N) is 2. The molecule has 1 unspecified atom stereocenters. The van der Waals surface area contributed by atoms with Crippen LogP contribution >= 0.6 is 0 Å². The summed E-state index contributed by atoms with van der Waals surface area (Å²) in [5.74, 6) is 1.43. The molecule has 2 aromatic heterocycles. The predicted octanol–water partition coefficient (Wildman–Crippen LogP) is 2.51. The van der Waals surface area contributed by atoms with E-state index in [1.54, 1.807) is 0 Å². The Labute approximate surface area is 101 Å². The van der Waals surface area contributed by atoms with Crippen LogP contribution in [0.1, 0.15) is 50.0 Å². The Morgan fingerprint density at radius 2 is 2.29 bits per heavy atom. The molecule has 1 saturated heterocycles. The van der Waals surface area contributed by atoms with Gasteiger partial charge in [-0.2, -0.15) is 0 Å². The smallest absolute Gasteiger partial charge is 0.177 e. The molecule has 3 rings (SSSR count). The van der Waals surface area contributed by atoms with Crippen LogP contribution in [0.25, 0.3) is 11.2 Å². The zero-order valence-electron chi connectivity index (χ0n) is 10.3. The Morgan fingerprint density at radius 3 is 3.00 bits per heavy atom. The molecule has 1 aliphatic rings. The average molecular weight is 230 g/mol. The molecule has 1 aliphatic heterocycles. The second kappa shape index (κ2) is 4.11. The number of hydrogen-bond donors (Lipinski definition) is 2. The van der Waals surface area contributed by atoms with E-state index in [2.05, 4.69) is 40.2 Å². The van der Waals surface area contributed by atoms with Crippen molar-refractivity contribution in [3.63, 3.8) is 0 Å². The van der Waals surface area contributed by atoms with Crippen molar-refractivity contribution in [2.45, 2.75) is 38.6 Å². The summed E-state index contributed by atoms with van der Waals surface area (Å²) in [4.78, 5) is 12.3. The van der Waals surface area contributed by atoms with Crippen molar-refractivity contribution >= 4 is 11.2 Å². The van der Waals surface area contributed by atoms with Crippen molar-refractivity contribution in [1.29, 1.82) is 0 Å². The molecule has 1 atom stereocenters. The molecule has 3 heterocycles. The van der Waals surface area contributed by atoms with Crippen molar-refractivity contribution in [1.82, 2.24) is 20.3 Å². The first-order valence-corrected chi connectivity index (χ1v) is 6.33. The van der Waals surface area contributed by atoms with E-state index in [9.17, 15) is 0 Å². The molecule has 0 radical (unpaired) electrons. The molecule has 0 spiro atoms. The molecular formula is C13H18N4. The highest BCUT2D eigenvalue weighted by atomic mass is 15.0. The summed E-state index contributed by atoms with van der Waals surface area (Å²) < 4.78 is 0. The summed E-state index contributed by atoms with van der Waals surface area (Å²) in [7, 11) is 0. The van der Waals surface area contributed by atoms with E-state index in [1.165, 1.54) is 18.4 Å². The Kier molecular flexibility index (Phi) is 2.59. The topological polar surface area (TPSA) is 53.6 Å². The van der Waals surface area contributed by atoms with Crippen LogP contribution in [0.3, 0.4) is 0 Å². The molecule has 0 aromatic carbocycles. The van der Waals surface area contributed by atoms with Crippen LogP contribution in [-0.4, -0.2) is 21.5 Å². The van der Waals surface area contributed by atoms with E-state index in [1.807, 2.05) is 6.20 Å². The summed E-state index contributed by atoms with van der Waals surface area (Å²) >= 11 is 0. The van der Waals surface area contributed by atoms with Crippen LogP contribution in [0.5, 0.6) is 0 Å². The monoisotopic (exact) mass is 230 g/mol. The molecule has 0 aliphatic carbocycles. The third-order valence-corrected chi connectivity index (χ3v) is 3.39. The first-order valence-electron chi connectivity index (χ1n) is 6.33. The van der Waals surface area contributed by atoms with Crippen LogP contribution in [-0.2, 0) is 0 Å². The van der Waals surface area contributed by atoms with Crippen LogP contribution < -0.4 is 5.32 Å². The van der Waals surface area contributed by atoms with Crippen LogP contribution in [0.15, 0.2) is 12.3 Å². The fraction of sp³-hybridized carbons (Fsp3) is 0.538. The number of fused-ring (bicyclic) bond motifs is 1. The Balaban J connectivity index is 2.00. The first-order chi connectivity index (χ1) is 8.24. The first kappa shape index (κ1) is 10.7. The number of pyridine rings is 1. The van der Waals surface area contributed by atoms with E-state index in [4.69, 9.17) is 0 Å². The van der Waals surface area contributed by atoms with Gasteiger partial charge < -0.3 is 10.3 Å². The average Bonchev–Trinajstić information content (AvgIpc) is 2.97. The van der Waals surface area contributed by atoms with Gasteiger partial charge in [0.1, 0.15) is 5.82 Å². The van der Waals surface area contributed by atoms with Crippen LogP contribution in [0.4, 0.5) is 0 Å². The quantitative estimate of drug-likeness (QED) is 0.833. The van der Waals surface area contributed by atoms with Crippen molar-refractivity contribution in [2.75, 3.05) is 6.54 Å². The minimum absolute atomic E-state index is 0.414. The lowest BCUT2D eigenvalue weighted by molar-refractivity contribution is 0.646. The van der Waals surface area contributed by atoms with Gasteiger partial charge in [-0.3, -0.25) is 0 Å². The van der Waals surface area contributed by atoms with Gasteiger partial charge in [0.15, 0.2) is 5.65 Å². The number of aromatic amines is 1. The molecule has 4 heteroatoms. The highest BCUT2D eigenvalue weighted by Crippen LogP contribution is 2.25. The zero-order valence-corrected chi connectivity index (χ0v) is 10.3. The minimum atomic E-state index is 0.414. The van der Waals surface area contributed by atoms with Crippen molar-refractivity contribution in [2.24, 2.45) is 0 Å². The maximum Gasteiger partial charge on any atom is 0.177 e. The van der Waals surface area contributed by atoms with Crippen molar-refractivity contribution < 1.29 is 0 Å². The van der Waals surface area contributed by atoms with E-state index >= 15 is 0 Å². The number of rotatable bonds is 2. The highest BCUT2D eigenvalue weighted by molar-refractivity contribution is 5.71. The second-order valence-electron chi connectivity index (χ2n) is 5.07. The third kappa shape index (κ3) is 1.93. The van der Waals surface area contributed by atoms with E-state index < -0.39 is 0 Å². The predicted molar refractivity (Wildman–Crippen MR) is 68.0 cm³/mol. The number of aromatic nitrogens is 3. The van der Waals surface area contributed by atoms with Gasteiger partial charge >= 0.3 is 0 Å². The van der Waals surface area contributed by atoms with Gasteiger partial charge in [-0.25, -0.2) is 9.97 Å². The molecule has 0 amide bonds. The number of imidazole rings is 1. The summed E-state index contributed by atoms with van der Waals surface area (Å²) in [6.45, 7) is 5.39. The SMILES string of the molecule is CC(C)c1nc2ncc(C3CCCN3)cc2[nH]1. The fourth-order valence-electron chi connectivity index (χ4n) is 2.37. The van der Waals surface area contributed by atoms with Crippen LogP contribution in [0.2, 0.25) is 0 Å². The van der Waals surface area contributed by atoms with Gasteiger partial charge in [0.05, 0.1) is 5.52 Å². The molecule has 2 N–H and O–H groups in total. The lowest BCUT2D eigenvalue weighted by Crippen LogP contribution is -2.12. The third-order valence-electron chi connectivity index (χ3n) is 3.39. The fourth-order valence-corrected chi connectivity index (χ4v) is 2.37. The molecule has 0 bridgehead atoms. The maximum atomic E-state index is 4.49. The summed E-state index contributed by atoms with van der Waals surface area (Å²) in [5, 5.41) is 3.49. The van der Waals surface area contributed by atoms with Gasteiger partial charge in [0.25, 0.3) is 0 Å². The van der Waals surface area contributed by atoms with E-state index in [0.29, 0.717) is 12.0 Å². The summed E-state index contributed by atoms with van der Waals surface area (Å²) in [6, 6.07) is 2.65. The highest BCUT2D eigenvalue weighted by Gasteiger charge is 2.17. The number of nitrogens with one attached hydrogen (secondary N) is 2. The van der Waals surface area contributed by atoms with Gasteiger partial charge in [-0.05, 0) is 31.0 Å². The molecular weight excluding hydrogens is 212 g/mol. The molecule has 90 valence electrons. The van der Waals surface area contributed by atoms with Crippen LogP contribution in [0, 0.1) is 0 Å². The maximum absolute atomic E-state index is 4.49. The molecule has 0 saturated carbocycles. The molecule has 2 aromatic rings. The lowest BCUT2D eigenvalue weighted by atomic mass is 10.1. The Hall–Kier alpha value is -1.42. The normalized spacial score (nSPS) is 20.5. The Morgan fingerprint density at radius 1 is 1.41 bits per heavy atom. The molecule has 1 fully saturated rings.